The van der Waals surface area contributed by atoms with Crippen molar-refractivity contribution in [2.45, 2.75) is 6.54 Å². The van der Waals surface area contributed by atoms with Crippen molar-refractivity contribution < 1.29 is 9.59 Å². The van der Waals surface area contributed by atoms with Crippen LogP contribution in [-0.4, -0.2) is 16.1 Å². The number of ketones is 2. The molecule has 0 radical (unpaired) electrons. The van der Waals surface area contributed by atoms with Crippen molar-refractivity contribution in [3.8, 4) is 0 Å². The van der Waals surface area contributed by atoms with E-state index in [0.29, 0.717) is 21.8 Å². The molecule has 1 aromatic heterocycles. The van der Waals surface area contributed by atoms with E-state index < -0.39 is 0 Å². The Hall–Kier alpha value is -2.65. The van der Waals surface area contributed by atoms with Gasteiger partial charge in [0.2, 0.25) is 5.78 Å². The maximum atomic E-state index is 12.6. The first kappa shape index (κ1) is 15.3. The Morgan fingerprint density at radius 2 is 1.61 bits per heavy atom. The van der Waals surface area contributed by atoms with Crippen LogP contribution in [0.4, 0.5) is 0 Å². The average molecular weight is 324 g/mol. The average Bonchev–Trinajstić information content (AvgIpc) is 3.03. The monoisotopic (exact) mass is 323 g/mol. The molecule has 0 bridgehead atoms. The summed E-state index contributed by atoms with van der Waals surface area (Å²) in [6.45, 7) is 0.124. The van der Waals surface area contributed by atoms with E-state index in [4.69, 9.17) is 11.6 Å². The number of hydrogen-bond donors (Lipinski definition) is 0. The van der Waals surface area contributed by atoms with Crippen molar-refractivity contribution >= 4 is 23.2 Å². The third-order valence-electron chi connectivity index (χ3n) is 3.56. The molecule has 0 aliphatic rings. The minimum absolute atomic E-state index is 0.0399. The molecule has 3 aromatic rings. The Labute approximate surface area is 139 Å². The lowest BCUT2D eigenvalue weighted by atomic mass is 10.1. The Bertz CT molecular complexity index is 853. The summed E-state index contributed by atoms with van der Waals surface area (Å²) >= 11 is 5.94. The van der Waals surface area contributed by atoms with E-state index in [1.165, 1.54) is 0 Å². The lowest BCUT2D eigenvalue weighted by Gasteiger charge is -2.08. The molecule has 1 heterocycles. The van der Waals surface area contributed by atoms with Gasteiger partial charge in [0.1, 0.15) is 0 Å². The predicted octanol–water partition coefficient (Wildman–Crippen LogP) is 4.26. The minimum Gasteiger partial charge on any atom is -0.337 e. The zero-order chi connectivity index (χ0) is 16.2. The number of benzene rings is 2. The number of halogens is 1. The normalized spacial score (nSPS) is 10.5. The Morgan fingerprint density at radius 3 is 2.35 bits per heavy atom. The quantitative estimate of drug-likeness (QED) is 0.658. The van der Waals surface area contributed by atoms with Gasteiger partial charge in [-0.1, -0.05) is 54.1 Å². The third-order valence-corrected chi connectivity index (χ3v) is 3.79. The van der Waals surface area contributed by atoms with Gasteiger partial charge in [-0.3, -0.25) is 9.59 Å². The van der Waals surface area contributed by atoms with Crippen LogP contribution in [0.15, 0.2) is 72.9 Å². The first-order valence-corrected chi connectivity index (χ1v) is 7.56. The predicted molar refractivity (Wildman–Crippen MR) is 90.1 cm³/mol. The number of Topliss-reactive ketones (excluding diaryl/α,β-unsaturated/α-hetero) is 1. The van der Waals surface area contributed by atoms with Gasteiger partial charge in [0.25, 0.3) is 0 Å². The van der Waals surface area contributed by atoms with E-state index >= 15 is 0 Å². The first-order valence-electron chi connectivity index (χ1n) is 7.19. The van der Waals surface area contributed by atoms with Crippen LogP contribution in [0.3, 0.4) is 0 Å². The second kappa shape index (κ2) is 6.63. The molecule has 114 valence electrons. The number of hydrogen-bond acceptors (Lipinski definition) is 2. The maximum absolute atomic E-state index is 12.6. The summed E-state index contributed by atoms with van der Waals surface area (Å²) in [6, 6.07) is 19.3. The van der Waals surface area contributed by atoms with Crippen LogP contribution in [0.1, 0.15) is 26.4 Å². The molecule has 0 atom stereocenters. The molecule has 0 N–H and O–H groups in total. The van der Waals surface area contributed by atoms with Crippen LogP contribution in [0, 0.1) is 0 Å². The van der Waals surface area contributed by atoms with Crippen molar-refractivity contribution in [3.05, 3.63) is 94.8 Å². The highest BCUT2D eigenvalue weighted by atomic mass is 35.5. The van der Waals surface area contributed by atoms with Gasteiger partial charge in [0, 0.05) is 22.3 Å². The zero-order valence-electron chi connectivity index (χ0n) is 12.3. The van der Waals surface area contributed by atoms with Crippen LogP contribution < -0.4 is 0 Å². The van der Waals surface area contributed by atoms with E-state index in [1.807, 2.05) is 18.2 Å². The number of carbonyl (C=O) groups excluding carboxylic acids is 2. The molecule has 0 saturated carbocycles. The van der Waals surface area contributed by atoms with E-state index in [9.17, 15) is 9.59 Å². The number of nitrogens with zero attached hydrogens (tertiary/aromatic N) is 1. The van der Waals surface area contributed by atoms with E-state index in [2.05, 4.69) is 0 Å². The molecule has 0 aliphatic heterocycles. The van der Waals surface area contributed by atoms with Gasteiger partial charge >= 0.3 is 0 Å². The molecule has 2 aromatic carbocycles. The fraction of sp³-hybridized carbons (Fsp3) is 0.0526. The molecule has 0 amide bonds. The van der Waals surface area contributed by atoms with Crippen LogP contribution in [0.25, 0.3) is 0 Å². The highest BCUT2D eigenvalue weighted by Gasteiger charge is 2.16. The topological polar surface area (TPSA) is 39.1 Å². The summed E-state index contributed by atoms with van der Waals surface area (Å²) in [4.78, 5) is 24.9. The molecule has 0 unspecified atom stereocenters. The second-order valence-electron chi connectivity index (χ2n) is 5.15. The van der Waals surface area contributed by atoms with Crippen molar-refractivity contribution in [3.63, 3.8) is 0 Å². The van der Waals surface area contributed by atoms with Crippen LogP contribution >= 0.6 is 11.6 Å². The molecule has 3 nitrogen and oxygen atoms in total. The minimum atomic E-state index is -0.154. The summed E-state index contributed by atoms with van der Waals surface area (Å²) in [5.74, 6) is -0.194. The molecule has 0 saturated heterocycles. The smallest absolute Gasteiger partial charge is 0.209 e. The van der Waals surface area contributed by atoms with Crippen molar-refractivity contribution in [1.29, 1.82) is 0 Å². The van der Waals surface area contributed by atoms with E-state index in [-0.39, 0.29) is 18.1 Å². The zero-order valence-corrected chi connectivity index (χ0v) is 13.0. The fourth-order valence-electron chi connectivity index (χ4n) is 2.41. The highest BCUT2D eigenvalue weighted by Crippen LogP contribution is 2.16. The summed E-state index contributed by atoms with van der Waals surface area (Å²) in [7, 11) is 0. The molecule has 0 aliphatic carbocycles. The molecular weight excluding hydrogens is 310 g/mol. The van der Waals surface area contributed by atoms with Gasteiger partial charge < -0.3 is 4.57 Å². The lowest BCUT2D eigenvalue weighted by Crippen LogP contribution is -2.15. The maximum Gasteiger partial charge on any atom is 0.209 e. The van der Waals surface area contributed by atoms with Crippen LogP contribution in [0.2, 0.25) is 5.02 Å². The first-order chi connectivity index (χ1) is 11.1. The standard InChI is InChI=1S/C19H14ClNO2/c20-16-9-4-8-15(12-16)19(23)17-10-5-11-21(17)13-18(22)14-6-2-1-3-7-14/h1-12H,13H2. The molecule has 23 heavy (non-hydrogen) atoms. The molecule has 0 fully saturated rings. The van der Waals surface area contributed by atoms with Gasteiger partial charge in [-0.15, -0.1) is 0 Å². The molecule has 0 spiro atoms. The van der Waals surface area contributed by atoms with Gasteiger partial charge in [-0.05, 0) is 24.3 Å². The Morgan fingerprint density at radius 1 is 0.870 bits per heavy atom. The Balaban J connectivity index is 1.85. The van der Waals surface area contributed by atoms with Gasteiger partial charge in [-0.2, -0.15) is 0 Å². The van der Waals surface area contributed by atoms with Crippen LogP contribution in [-0.2, 0) is 6.54 Å². The summed E-state index contributed by atoms with van der Waals surface area (Å²) < 4.78 is 1.67. The van der Waals surface area contributed by atoms with Crippen LogP contribution in [0.5, 0.6) is 0 Å². The van der Waals surface area contributed by atoms with Crippen molar-refractivity contribution in [2.75, 3.05) is 0 Å². The largest absolute Gasteiger partial charge is 0.337 e. The van der Waals surface area contributed by atoms with Gasteiger partial charge in [-0.25, -0.2) is 0 Å². The van der Waals surface area contributed by atoms with Gasteiger partial charge in [0.15, 0.2) is 5.78 Å². The molecule has 3 rings (SSSR count). The Kier molecular flexibility index (Phi) is 4.40. The van der Waals surface area contributed by atoms with E-state index in [1.54, 1.807) is 59.3 Å². The lowest BCUT2D eigenvalue weighted by molar-refractivity contribution is 0.0968. The number of rotatable bonds is 5. The summed E-state index contributed by atoms with van der Waals surface area (Å²) in [6.07, 6.45) is 1.73. The second-order valence-corrected chi connectivity index (χ2v) is 5.59. The number of carbonyl (C=O) groups is 2. The fourth-order valence-corrected chi connectivity index (χ4v) is 2.60. The summed E-state index contributed by atoms with van der Waals surface area (Å²) in [5, 5.41) is 0.509. The van der Waals surface area contributed by atoms with Crippen molar-refractivity contribution in [1.82, 2.24) is 4.57 Å². The van der Waals surface area contributed by atoms with E-state index in [0.717, 1.165) is 0 Å². The molecule has 4 heteroatoms. The highest BCUT2D eigenvalue weighted by molar-refractivity contribution is 6.31. The van der Waals surface area contributed by atoms with Crippen molar-refractivity contribution in [2.24, 2.45) is 0 Å². The third kappa shape index (κ3) is 3.41. The molecular formula is C19H14ClNO2. The SMILES string of the molecule is O=C(Cn1cccc1C(=O)c1cccc(Cl)c1)c1ccccc1. The number of aromatic nitrogens is 1. The van der Waals surface area contributed by atoms with Gasteiger partial charge in [0.05, 0.1) is 12.2 Å². The summed E-state index contributed by atoms with van der Waals surface area (Å²) in [5.41, 5.74) is 1.60.